The van der Waals surface area contributed by atoms with Crippen molar-refractivity contribution in [2.45, 2.75) is 6.42 Å². The van der Waals surface area contributed by atoms with E-state index in [9.17, 15) is 0 Å². The monoisotopic (exact) mass is 341 g/mol. The van der Waals surface area contributed by atoms with Gasteiger partial charge in [0.25, 0.3) is 0 Å². The molecule has 1 aliphatic heterocycles. The largest absolute Gasteiger partial charge is 0.486 e. The molecule has 3 heteroatoms. The second-order valence-corrected chi connectivity index (χ2v) is 6.55. The number of H-pyrrole nitrogens is 1. The number of aromatic amines is 1. The smallest absolute Gasteiger partial charge is 0.163 e. The predicted octanol–water partition coefficient (Wildman–Crippen LogP) is 5.20. The zero-order valence-corrected chi connectivity index (χ0v) is 14.4. The van der Waals surface area contributed by atoms with Crippen molar-refractivity contribution in [2.24, 2.45) is 0 Å². The number of fused-ring (bicyclic) bond motifs is 2. The van der Waals surface area contributed by atoms with Gasteiger partial charge < -0.3 is 14.5 Å². The van der Waals surface area contributed by atoms with E-state index in [-0.39, 0.29) is 0 Å². The number of hydrogen-bond acceptors (Lipinski definition) is 2. The molecular weight excluding hydrogens is 322 g/mol. The van der Waals surface area contributed by atoms with Gasteiger partial charge in [-0.2, -0.15) is 0 Å². The van der Waals surface area contributed by atoms with Gasteiger partial charge in [-0.25, -0.2) is 0 Å². The van der Waals surface area contributed by atoms with E-state index in [1.54, 1.807) is 0 Å². The van der Waals surface area contributed by atoms with Crippen LogP contribution in [0.25, 0.3) is 22.0 Å². The van der Waals surface area contributed by atoms with E-state index in [4.69, 9.17) is 9.47 Å². The highest BCUT2D eigenvalue weighted by Crippen LogP contribution is 2.40. The molecule has 0 bridgehead atoms. The third-order valence-electron chi connectivity index (χ3n) is 4.83. The molecule has 3 aromatic carbocycles. The Labute approximate surface area is 152 Å². The molecule has 26 heavy (non-hydrogen) atoms. The van der Waals surface area contributed by atoms with Crippen molar-refractivity contribution in [1.29, 1.82) is 0 Å². The average molecular weight is 341 g/mol. The minimum atomic E-state index is 0.598. The van der Waals surface area contributed by atoms with Crippen molar-refractivity contribution in [3.8, 4) is 22.6 Å². The summed E-state index contributed by atoms with van der Waals surface area (Å²) in [5.41, 5.74) is 6.02. The number of nitrogens with one attached hydrogen (secondary N) is 1. The predicted molar refractivity (Wildman–Crippen MR) is 104 cm³/mol. The standard InChI is InChI=1S/C23H19NO2/c1-3-7-16(8-4-1)13-20-23(17-9-5-2-6-10-17)18-14-21-22(15-19(18)24-20)26-12-11-25-21/h1-10,14-15,24H,11-13H2. The zero-order valence-electron chi connectivity index (χ0n) is 14.4. The van der Waals surface area contributed by atoms with Gasteiger partial charge in [0.15, 0.2) is 11.5 Å². The molecule has 0 spiro atoms. The first-order valence-corrected chi connectivity index (χ1v) is 8.92. The summed E-state index contributed by atoms with van der Waals surface area (Å²) in [6.45, 7) is 1.20. The topological polar surface area (TPSA) is 34.2 Å². The molecule has 0 amide bonds. The number of aromatic nitrogens is 1. The van der Waals surface area contributed by atoms with Crippen LogP contribution >= 0.6 is 0 Å². The molecule has 4 aromatic rings. The minimum Gasteiger partial charge on any atom is -0.486 e. The van der Waals surface area contributed by atoms with Gasteiger partial charge in [0.05, 0.1) is 5.52 Å². The first-order valence-electron chi connectivity index (χ1n) is 8.92. The van der Waals surface area contributed by atoms with Crippen LogP contribution in [-0.4, -0.2) is 18.2 Å². The highest BCUT2D eigenvalue weighted by Gasteiger charge is 2.19. The minimum absolute atomic E-state index is 0.598. The molecule has 0 fully saturated rings. The maximum absolute atomic E-state index is 5.81. The molecule has 1 aliphatic rings. The van der Waals surface area contributed by atoms with Crippen LogP contribution in [0.4, 0.5) is 0 Å². The van der Waals surface area contributed by atoms with Crippen LogP contribution in [0.5, 0.6) is 11.5 Å². The molecule has 1 N–H and O–H groups in total. The van der Waals surface area contributed by atoms with Gasteiger partial charge in [-0.05, 0) is 17.2 Å². The van der Waals surface area contributed by atoms with Crippen molar-refractivity contribution in [3.63, 3.8) is 0 Å². The summed E-state index contributed by atoms with van der Waals surface area (Å²) in [5.74, 6) is 1.64. The number of hydrogen-bond donors (Lipinski definition) is 1. The Morgan fingerprint density at radius 3 is 2.15 bits per heavy atom. The molecule has 1 aromatic heterocycles. The number of ether oxygens (including phenoxy) is 2. The Balaban J connectivity index is 1.72. The average Bonchev–Trinajstić information content (AvgIpc) is 3.04. The fourth-order valence-electron chi connectivity index (χ4n) is 3.65. The number of benzene rings is 3. The lowest BCUT2D eigenvalue weighted by Crippen LogP contribution is -2.15. The van der Waals surface area contributed by atoms with E-state index in [2.05, 4.69) is 71.7 Å². The highest BCUT2D eigenvalue weighted by molar-refractivity contribution is 5.99. The summed E-state index contributed by atoms with van der Waals surface area (Å²) >= 11 is 0. The second-order valence-electron chi connectivity index (χ2n) is 6.55. The van der Waals surface area contributed by atoms with Crippen molar-refractivity contribution in [3.05, 3.63) is 84.1 Å². The van der Waals surface area contributed by atoms with Gasteiger partial charge >= 0.3 is 0 Å². The normalized spacial score (nSPS) is 13.1. The highest BCUT2D eigenvalue weighted by atomic mass is 16.6. The lowest BCUT2D eigenvalue weighted by molar-refractivity contribution is 0.172. The molecule has 2 heterocycles. The maximum Gasteiger partial charge on any atom is 0.163 e. The molecule has 128 valence electrons. The lowest BCUT2D eigenvalue weighted by Gasteiger charge is -2.18. The van der Waals surface area contributed by atoms with E-state index in [0.717, 1.165) is 23.4 Å². The molecular formula is C23H19NO2. The van der Waals surface area contributed by atoms with Crippen molar-refractivity contribution >= 4 is 10.9 Å². The molecule has 3 nitrogen and oxygen atoms in total. The van der Waals surface area contributed by atoms with Crippen LogP contribution in [0.3, 0.4) is 0 Å². The molecule has 0 saturated heterocycles. The van der Waals surface area contributed by atoms with Crippen LogP contribution < -0.4 is 9.47 Å². The Morgan fingerprint density at radius 1 is 0.769 bits per heavy atom. The lowest BCUT2D eigenvalue weighted by atomic mass is 9.98. The maximum atomic E-state index is 5.81. The Hall–Kier alpha value is -3.20. The van der Waals surface area contributed by atoms with Crippen LogP contribution in [0.15, 0.2) is 72.8 Å². The van der Waals surface area contributed by atoms with Gasteiger partial charge in [0.2, 0.25) is 0 Å². The third-order valence-corrected chi connectivity index (χ3v) is 4.83. The second kappa shape index (κ2) is 6.26. The van der Waals surface area contributed by atoms with Crippen LogP contribution in [-0.2, 0) is 6.42 Å². The van der Waals surface area contributed by atoms with Gasteiger partial charge in [-0.3, -0.25) is 0 Å². The van der Waals surface area contributed by atoms with E-state index >= 15 is 0 Å². The molecule has 0 unspecified atom stereocenters. The summed E-state index contributed by atoms with van der Waals surface area (Å²) in [4.78, 5) is 3.63. The van der Waals surface area contributed by atoms with Gasteiger partial charge in [-0.15, -0.1) is 0 Å². The molecule has 0 aliphatic carbocycles. The van der Waals surface area contributed by atoms with E-state index in [0.29, 0.717) is 13.2 Å². The summed E-state index contributed by atoms with van der Waals surface area (Å²) < 4.78 is 11.6. The quantitative estimate of drug-likeness (QED) is 0.556. The van der Waals surface area contributed by atoms with Crippen molar-refractivity contribution in [2.75, 3.05) is 13.2 Å². The molecule has 0 saturated carbocycles. The fraction of sp³-hybridized carbons (Fsp3) is 0.130. The van der Waals surface area contributed by atoms with Crippen LogP contribution in [0.1, 0.15) is 11.3 Å². The van der Waals surface area contributed by atoms with E-state index < -0.39 is 0 Å². The summed E-state index contributed by atoms with van der Waals surface area (Å²) in [6, 6.07) is 25.3. The Morgan fingerprint density at radius 2 is 1.42 bits per heavy atom. The SMILES string of the molecule is c1ccc(Cc2[nH]c3cc4c(cc3c2-c2ccccc2)OCCO4)cc1. The Bertz CT molecular complexity index is 1050. The first kappa shape index (κ1) is 15.1. The first-order chi connectivity index (χ1) is 12.9. The third kappa shape index (κ3) is 2.62. The summed E-state index contributed by atoms with van der Waals surface area (Å²) in [5, 5.41) is 1.17. The van der Waals surface area contributed by atoms with Crippen LogP contribution in [0, 0.1) is 0 Å². The Kier molecular flexibility index (Phi) is 3.64. The molecule has 0 radical (unpaired) electrons. The van der Waals surface area contributed by atoms with E-state index in [1.807, 2.05) is 6.07 Å². The summed E-state index contributed by atoms with van der Waals surface area (Å²) in [7, 11) is 0. The van der Waals surface area contributed by atoms with Crippen molar-refractivity contribution < 1.29 is 9.47 Å². The van der Waals surface area contributed by atoms with E-state index in [1.165, 1.54) is 27.8 Å². The molecule has 0 atom stereocenters. The molecule has 5 rings (SSSR count). The summed E-state index contributed by atoms with van der Waals surface area (Å²) in [6.07, 6.45) is 0.853. The van der Waals surface area contributed by atoms with Crippen LogP contribution in [0.2, 0.25) is 0 Å². The number of rotatable bonds is 3. The van der Waals surface area contributed by atoms with Crippen molar-refractivity contribution in [1.82, 2.24) is 4.98 Å². The van der Waals surface area contributed by atoms with Gasteiger partial charge in [0, 0.05) is 29.1 Å². The fourth-order valence-corrected chi connectivity index (χ4v) is 3.65. The van der Waals surface area contributed by atoms with Gasteiger partial charge in [0.1, 0.15) is 13.2 Å². The van der Waals surface area contributed by atoms with Gasteiger partial charge in [-0.1, -0.05) is 60.7 Å². The zero-order chi connectivity index (χ0) is 17.3.